The van der Waals surface area contributed by atoms with Gasteiger partial charge in [0.15, 0.2) is 0 Å². The maximum absolute atomic E-state index is 12.2. The molecule has 1 amide bonds. The molecule has 0 aliphatic heterocycles. The molecule has 2 aromatic rings. The molecule has 106 valence electrons. The lowest BCUT2D eigenvalue weighted by Gasteiger charge is -2.25. The minimum atomic E-state index is -0.126. The van der Waals surface area contributed by atoms with E-state index in [4.69, 9.17) is 0 Å². The van der Waals surface area contributed by atoms with E-state index in [0.29, 0.717) is 12.1 Å². The SMILES string of the molecule is CC(=O)N(Cc1cc2cccc(C)c2[nH]c1=O)C(C)C. The Kier molecular flexibility index (Phi) is 3.93. The van der Waals surface area contributed by atoms with Crippen LogP contribution >= 0.6 is 0 Å². The lowest BCUT2D eigenvalue weighted by molar-refractivity contribution is -0.131. The number of H-pyrrole nitrogens is 1. The first-order chi connectivity index (χ1) is 9.40. The van der Waals surface area contributed by atoms with E-state index in [9.17, 15) is 9.59 Å². The molecule has 0 atom stereocenters. The minimum Gasteiger partial charge on any atom is -0.336 e. The maximum atomic E-state index is 12.2. The Hall–Kier alpha value is -2.10. The van der Waals surface area contributed by atoms with Crippen molar-refractivity contribution in [1.82, 2.24) is 9.88 Å². The van der Waals surface area contributed by atoms with E-state index < -0.39 is 0 Å². The fourth-order valence-corrected chi connectivity index (χ4v) is 2.39. The molecule has 20 heavy (non-hydrogen) atoms. The van der Waals surface area contributed by atoms with E-state index in [-0.39, 0.29) is 17.5 Å². The molecular formula is C16H20N2O2. The number of aromatic nitrogens is 1. The lowest BCUT2D eigenvalue weighted by Crippen LogP contribution is -2.36. The highest BCUT2D eigenvalue weighted by atomic mass is 16.2. The summed E-state index contributed by atoms with van der Waals surface area (Å²) in [6.07, 6.45) is 0. The molecule has 0 saturated heterocycles. The number of carbonyl (C=O) groups excluding carboxylic acids is 1. The average molecular weight is 272 g/mol. The quantitative estimate of drug-likeness (QED) is 0.933. The molecule has 1 N–H and O–H groups in total. The normalized spacial score (nSPS) is 11.1. The third kappa shape index (κ3) is 2.74. The Morgan fingerprint density at radius 3 is 2.65 bits per heavy atom. The Morgan fingerprint density at radius 2 is 2.05 bits per heavy atom. The van der Waals surface area contributed by atoms with Crippen molar-refractivity contribution in [2.45, 2.75) is 40.3 Å². The highest BCUT2D eigenvalue weighted by molar-refractivity contribution is 5.82. The number of pyridine rings is 1. The van der Waals surface area contributed by atoms with Gasteiger partial charge >= 0.3 is 0 Å². The van der Waals surface area contributed by atoms with Gasteiger partial charge in [0.2, 0.25) is 5.91 Å². The van der Waals surface area contributed by atoms with Gasteiger partial charge in [-0.2, -0.15) is 0 Å². The van der Waals surface area contributed by atoms with Gasteiger partial charge in [0.05, 0.1) is 12.1 Å². The molecule has 0 radical (unpaired) electrons. The van der Waals surface area contributed by atoms with Gasteiger partial charge in [0.1, 0.15) is 0 Å². The van der Waals surface area contributed by atoms with E-state index in [1.807, 2.05) is 45.0 Å². The Bertz CT molecular complexity index is 701. The van der Waals surface area contributed by atoms with Crippen LogP contribution in [-0.2, 0) is 11.3 Å². The lowest BCUT2D eigenvalue weighted by atomic mass is 10.1. The number of rotatable bonds is 3. The zero-order chi connectivity index (χ0) is 14.9. The summed E-state index contributed by atoms with van der Waals surface area (Å²) in [5.74, 6) is -0.0243. The molecule has 0 aliphatic carbocycles. The largest absolute Gasteiger partial charge is 0.336 e. The van der Waals surface area contributed by atoms with Gasteiger partial charge in [-0.05, 0) is 37.8 Å². The number of carbonyl (C=O) groups is 1. The summed E-state index contributed by atoms with van der Waals surface area (Å²) in [5, 5.41) is 0.992. The second-order valence-electron chi connectivity index (χ2n) is 5.40. The number of para-hydroxylation sites is 1. The number of nitrogens with zero attached hydrogens (tertiary/aromatic N) is 1. The van der Waals surface area contributed by atoms with Crippen molar-refractivity contribution in [3.05, 3.63) is 45.7 Å². The standard InChI is InChI=1S/C16H20N2O2/c1-10(2)18(12(4)19)9-14-8-13-7-5-6-11(3)15(13)17-16(14)20/h5-8,10H,9H2,1-4H3,(H,17,20). The molecule has 1 aromatic heterocycles. The van der Waals surface area contributed by atoms with Crippen LogP contribution in [0.15, 0.2) is 29.1 Å². The van der Waals surface area contributed by atoms with E-state index in [0.717, 1.165) is 16.5 Å². The van der Waals surface area contributed by atoms with Crippen LogP contribution in [0.25, 0.3) is 10.9 Å². The van der Waals surface area contributed by atoms with Gasteiger partial charge in [-0.1, -0.05) is 18.2 Å². The number of hydrogen-bond donors (Lipinski definition) is 1. The molecule has 0 aliphatic rings. The number of aryl methyl sites for hydroxylation is 1. The van der Waals surface area contributed by atoms with Crippen molar-refractivity contribution in [3.63, 3.8) is 0 Å². The molecule has 0 fully saturated rings. The smallest absolute Gasteiger partial charge is 0.253 e. The van der Waals surface area contributed by atoms with E-state index in [2.05, 4.69) is 4.98 Å². The highest BCUT2D eigenvalue weighted by Gasteiger charge is 2.15. The Labute approximate surface area is 118 Å². The fraction of sp³-hybridized carbons (Fsp3) is 0.375. The summed E-state index contributed by atoms with van der Waals surface area (Å²) in [4.78, 5) is 28.4. The molecule has 4 nitrogen and oxygen atoms in total. The first-order valence-corrected chi connectivity index (χ1v) is 6.79. The zero-order valence-corrected chi connectivity index (χ0v) is 12.4. The molecule has 4 heteroatoms. The van der Waals surface area contributed by atoms with Crippen LogP contribution < -0.4 is 5.56 Å². The monoisotopic (exact) mass is 272 g/mol. The Morgan fingerprint density at radius 1 is 1.35 bits per heavy atom. The van der Waals surface area contributed by atoms with E-state index >= 15 is 0 Å². The summed E-state index contributed by atoms with van der Waals surface area (Å²) >= 11 is 0. The van der Waals surface area contributed by atoms with Crippen LogP contribution in [0.3, 0.4) is 0 Å². The van der Waals surface area contributed by atoms with Crippen molar-refractivity contribution in [2.75, 3.05) is 0 Å². The number of amides is 1. The van der Waals surface area contributed by atoms with Crippen LogP contribution in [0.2, 0.25) is 0 Å². The third-order valence-electron chi connectivity index (χ3n) is 3.53. The summed E-state index contributed by atoms with van der Waals surface area (Å²) in [6.45, 7) is 7.72. The van der Waals surface area contributed by atoms with Crippen molar-refractivity contribution < 1.29 is 4.79 Å². The summed E-state index contributed by atoms with van der Waals surface area (Å²) in [7, 11) is 0. The summed E-state index contributed by atoms with van der Waals surface area (Å²) < 4.78 is 0. The number of aromatic amines is 1. The third-order valence-corrected chi connectivity index (χ3v) is 3.53. The number of nitrogens with one attached hydrogen (secondary N) is 1. The van der Waals surface area contributed by atoms with Crippen molar-refractivity contribution in [1.29, 1.82) is 0 Å². The second kappa shape index (κ2) is 5.49. The first-order valence-electron chi connectivity index (χ1n) is 6.79. The van der Waals surface area contributed by atoms with Gasteiger partial charge in [-0.3, -0.25) is 9.59 Å². The summed E-state index contributed by atoms with van der Waals surface area (Å²) in [5.41, 5.74) is 2.39. The molecular weight excluding hydrogens is 252 g/mol. The van der Waals surface area contributed by atoms with Crippen LogP contribution in [0, 0.1) is 6.92 Å². The van der Waals surface area contributed by atoms with Crippen LogP contribution in [0.4, 0.5) is 0 Å². The van der Waals surface area contributed by atoms with Crippen LogP contribution in [0.5, 0.6) is 0 Å². The van der Waals surface area contributed by atoms with Crippen LogP contribution in [0.1, 0.15) is 31.9 Å². The average Bonchev–Trinajstić information content (AvgIpc) is 2.36. The predicted molar refractivity (Wildman–Crippen MR) is 80.7 cm³/mol. The first kappa shape index (κ1) is 14.3. The molecule has 0 saturated carbocycles. The van der Waals surface area contributed by atoms with Crippen molar-refractivity contribution in [3.8, 4) is 0 Å². The van der Waals surface area contributed by atoms with Gasteiger partial charge in [-0.25, -0.2) is 0 Å². The topological polar surface area (TPSA) is 53.2 Å². The fourth-order valence-electron chi connectivity index (χ4n) is 2.39. The molecule has 0 unspecified atom stereocenters. The number of hydrogen-bond acceptors (Lipinski definition) is 2. The van der Waals surface area contributed by atoms with Gasteiger partial charge in [0.25, 0.3) is 5.56 Å². The zero-order valence-electron chi connectivity index (χ0n) is 12.4. The highest BCUT2D eigenvalue weighted by Crippen LogP contribution is 2.16. The molecule has 0 spiro atoms. The van der Waals surface area contributed by atoms with Gasteiger partial charge < -0.3 is 9.88 Å². The second-order valence-corrected chi connectivity index (χ2v) is 5.40. The molecule has 2 rings (SSSR count). The Balaban J connectivity index is 2.48. The molecule has 0 bridgehead atoms. The minimum absolute atomic E-state index is 0.0243. The maximum Gasteiger partial charge on any atom is 0.253 e. The molecule has 1 heterocycles. The number of benzene rings is 1. The number of fused-ring (bicyclic) bond motifs is 1. The van der Waals surface area contributed by atoms with E-state index in [1.54, 1.807) is 4.90 Å². The van der Waals surface area contributed by atoms with Crippen molar-refractivity contribution in [2.24, 2.45) is 0 Å². The van der Waals surface area contributed by atoms with Gasteiger partial charge in [0, 0.05) is 18.5 Å². The molecule has 1 aromatic carbocycles. The van der Waals surface area contributed by atoms with Crippen molar-refractivity contribution >= 4 is 16.8 Å². The summed E-state index contributed by atoms with van der Waals surface area (Å²) in [6, 6.07) is 7.84. The van der Waals surface area contributed by atoms with Gasteiger partial charge in [-0.15, -0.1) is 0 Å². The van der Waals surface area contributed by atoms with E-state index in [1.165, 1.54) is 6.92 Å². The van der Waals surface area contributed by atoms with Crippen LogP contribution in [-0.4, -0.2) is 21.8 Å². The predicted octanol–water partition coefficient (Wildman–Crippen LogP) is 2.59.